The fourth-order valence-electron chi connectivity index (χ4n) is 2.42. The van der Waals surface area contributed by atoms with Crippen LogP contribution in [0.2, 0.25) is 0 Å². The smallest absolute Gasteiger partial charge is 0.382 e. The third-order valence-corrected chi connectivity index (χ3v) is 4.30. The van der Waals surface area contributed by atoms with Crippen molar-refractivity contribution < 1.29 is 22.1 Å². The van der Waals surface area contributed by atoms with Crippen molar-refractivity contribution in [1.29, 1.82) is 0 Å². The maximum Gasteiger partial charge on any atom is 0.382 e. The number of hydrogen-bond acceptors (Lipinski definition) is 5. The van der Waals surface area contributed by atoms with E-state index in [-0.39, 0.29) is 13.3 Å². The van der Waals surface area contributed by atoms with Crippen LogP contribution in [-0.2, 0) is 16.8 Å². The molecule has 2 aliphatic heterocycles. The van der Waals surface area contributed by atoms with Crippen LogP contribution in [0.1, 0.15) is 5.56 Å². The molecule has 2 heterocycles. The van der Waals surface area contributed by atoms with Crippen LogP contribution in [0.15, 0.2) is 36.4 Å². The number of rotatable bonds is 1. The standard InChI is InChI=1S/C14H11NO5S/c16-21(17)15-7-10-2-1-3-11(14(10)20-21)9-4-5-12-13(6-9)19-8-18-12/h1-6,15H,7-8H2. The summed E-state index contributed by atoms with van der Waals surface area (Å²) < 4.78 is 41.3. The van der Waals surface area contributed by atoms with Crippen LogP contribution in [0, 0.1) is 0 Å². The third kappa shape index (κ3) is 2.10. The van der Waals surface area contributed by atoms with E-state index in [0.29, 0.717) is 22.8 Å². The van der Waals surface area contributed by atoms with Crippen molar-refractivity contribution in [3.63, 3.8) is 0 Å². The molecule has 0 radical (unpaired) electrons. The molecule has 0 fully saturated rings. The van der Waals surface area contributed by atoms with Crippen LogP contribution in [-0.4, -0.2) is 15.2 Å². The van der Waals surface area contributed by atoms with Gasteiger partial charge in [-0.25, -0.2) is 0 Å². The summed E-state index contributed by atoms with van der Waals surface area (Å²) in [5, 5.41) is 0. The average Bonchev–Trinajstić information content (AvgIpc) is 2.93. The normalized spacial score (nSPS) is 17.9. The Labute approximate surface area is 121 Å². The molecule has 2 aromatic rings. The summed E-state index contributed by atoms with van der Waals surface area (Å²) in [6.45, 7) is 0.413. The van der Waals surface area contributed by atoms with Gasteiger partial charge in [-0.2, -0.15) is 13.1 Å². The minimum Gasteiger partial charge on any atom is -0.454 e. The Morgan fingerprint density at radius 2 is 1.90 bits per heavy atom. The highest BCUT2D eigenvalue weighted by Gasteiger charge is 2.25. The van der Waals surface area contributed by atoms with Gasteiger partial charge < -0.3 is 13.7 Å². The van der Waals surface area contributed by atoms with Crippen LogP contribution in [0.25, 0.3) is 11.1 Å². The molecule has 0 amide bonds. The Morgan fingerprint density at radius 1 is 1.05 bits per heavy atom. The van der Waals surface area contributed by atoms with Gasteiger partial charge in [-0.05, 0) is 17.7 Å². The second kappa shape index (κ2) is 4.37. The van der Waals surface area contributed by atoms with Crippen molar-refractivity contribution in [2.75, 3.05) is 6.79 Å². The zero-order chi connectivity index (χ0) is 14.4. The van der Waals surface area contributed by atoms with E-state index in [2.05, 4.69) is 4.72 Å². The van der Waals surface area contributed by atoms with Crippen LogP contribution in [0.3, 0.4) is 0 Å². The SMILES string of the molecule is O=S1(=O)NCc2cccc(-c3ccc4c(c3)OCO4)c2O1. The van der Waals surface area contributed by atoms with Crippen LogP contribution < -0.4 is 18.4 Å². The lowest BCUT2D eigenvalue weighted by Crippen LogP contribution is -2.32. The molecule has 1 N–H and O–H groups in total. The maximum atomic E-state index is 11.6. The highest BCUT2D eigenvalue weighted by molar-refractivity contribution is 7.85. The van der Waals surface area contributed by atoms with Gasteiger partial charge in [-0.15, -0.1) is 0 Å². The maximum absolute atomic E-state index is 11.6. The molecule has 7 heteroatoms. The zero-order valence-electron chi connectivity index (χ0n) is 10.8. The number of para-hydroxylation sites is 1. The summed E-state index contributed by atoms with van der Waals surface area (Å²) in [5.41, 5.74) is 2.31. The lowest BCUT2D eigenvalue weighted by Gasteiger charge is -2.20. The molecule has 6 nitrogen and oxygen atoms in total. The zero-order valence-corrected chi connectivity index (χ0v) is 11.6. The molecule has 2 aromatic carbocycles. The first-order chi connectivity index (χ1) is 10.1. The molecule has 0 unspecified atom stereocenters. The summed E-state index contributed by atoms with van der Waals surface area (Å²) in [6.07, 6.45) is 0. The molecule has 0 atom stereocenters. The summed E-state index contributed by atoms with van der Waals surface area (Å²) >= 11 is 0. The summed E-state index contributed by atoms with van der Waals surface area (Å²) in [6, 6.07) is 11.0. The highest BCUT2D eigenvalue weighted by atomic mass is 32.2. The molecule has 21 heavy (non-hydrogen) atoms. The topological polar surface area (TPSA) is 73.9 Å². The molecule has 0 aromatic heterocycles. The number of ether oxygens (including phenoxy) is 2. The van der Waals surface area contributed by atoms with E-state index in [9.17, 15) is 8.42 Å². The molecular formula is C14H11NO5S. The van der Waals surface area contributed by atoms with E-state index in [1.54, 1.807) is 6.07 Å². The molecule has 4 rings (SSSR count). The van der Waals surface area contributed by atoms with E-state index in [1.807, 2.05) is 30.3 Å². The Kier molecular flexibility index (Phi) is 2.60. The van der Waals surface area contributed by atoms with Gasteiger partial charge in [0.1, 0.15) is 0 Å². The van der Waals surface area contributed by atoms with Crippen molar-refractivity contribution >= 4 is 10.3 Å². The Balaban J connectivity index is 1.86. The summed E-state index contributed by atoms with van der Waals surface area (Å²) in [5.74, 6) is 1.68. The number of nitrogens with one attached hydrogen (secondary N) is 1. The molecule has 108 valence electrons. The quantitative estimate of drug-likeness (QED) is 0.870. The predicted molar refractivity (Wildman–Crippen MR) is 74.4 cm³/mol. The molecule has 0 spiro atoms. The van der Waals surface area contributed by atoms with Crippen molar-refractivity contribution in [3.05, 3.63) is 42.0 Å². The van der Waals surface area contributed by atoms with Crippen LogP contribution >= 0.6 is 0 Å². The fraction of sp³-hybridized carbons (Fsp3) is 0.143. The number of fused-ring (bicyclic) bond motifs is 2. The van der Waals surface area contributed by atoms with E-state index < -0.39 is 10.3 Å². The van der Waals surface area contributed by atoms with Gasteiger partial charge in [-0.1, -0.05) is 24.3 Å². The largest absolute Gasteiger partial charge is 0.454 e. The minimum atomic E-state index is -3.74. The second-order valence-electron chi connectivity index (χ2n) is 4.72. The highest BCUT2D eigenvalue weighted by Crippen LogP contribution is 2.40. The van der Waals surface area contributed by atoms with E-state index in [0.717, 1.165) is 11.1 Å². The van der Waals surface area contributed by atoms with Gasteiger partial charge in [0, 0.05) is 17.7 Å². The van der Waals surface area contributed by atoms with Gasteiger partial charge in [-0.3, -0.25) is 0 Å². The van der Waals surface area contributed by atoms with E-state index in [1.165, 1.54) is 0 Å². The first kappa shape index (κ1) is 12.5. The predicted octanol–water partition coefficient (Wildman–Crippen LogP) is 1.81. The molecule has 0 saturated heterocycles. The number of benzene rings is 2. The average molecular weight is 305 g/mol. The third-order valence-electron chi connectivity index (χ3n) is 3.41. The molecule has 0 aliphatic carbocycles. The monoisotopic (exact) mass is 305 g/mol. The Morgan fingerprint density at radius 3 is 2.81 bits per heavy atom. The van der Waals surface area contributed by atoms with Gasteiger partial charge in [0.25, 0.3) is 0 Å². The van der Waals surface area contributed by atoms with Gasteiger partial charge >= 0.3 is 10.3 Å². The van der Waals surface area contributed by atoms with Crippen molar-refractivity contribution in [2.24, 2.45) is 0 Å². The first-order valence-electron chi connectivity index (χ1n) is 6.33. The van der Waals surface area contributed by atoms with Crippen LogP contribution in [0.5, 0.6) is 17.2 Å². The summed E-state index contributed by atoms with van der Waals surface area (Å²) in [4.78, 5) is 0. The first-order valence-corrected chi connectivity index (χ1v) is 7.74. The van der Waals surface area contributed by atoms with E-state index >= 15 is 0 Å². The fourth-order valence-corrected chi connectivity index (χ4v) is 3.23. The van der Waals surface area contributed by atoms with Crippen LogP contribution in [0.4, 0.5) is 0 Å². The molecule has 0 bridgehead atoms. The summed E-state index contributed by atoms with van der Waals surface area (Å²) in [7, 11) is -3.74. The Hall–Kier alpha value is -2.25. The van der Waals surface area contributed by atoms with Gasteiger partial charge in [0.2, 0.25) is 6.79 Å². The second-order valence-corrected chi connectivity index (χ2v) is 6.08. The molecule has 2 aliphatic rings. The van der Waals surface area contributed by atoms with E-state index in [4.69, 9.17) is 13.7 Å². The van der Waals surface area contributed by atoms with Gasteiger partial charge in [0.05, 0.1) is 0 Å². The van der Waals surface area contributed by atoms with Crippen molar-refractivity contribution in [3.8, 4) is 28.4 Å². The Bertz CT molecular complexity index is 831. The van der Waals surface area contributed by atoms with Crippen molar-refractivity contribution in [2.45, 2.75) is 6.54 Å². The van der Waals surface area contributed by atoms with Crippen molar-refractivity contribution in [1.82, 2.24) is 4.72 Å². The molecule has 0 saturated carbocycles. The molecular weight excluding hydrogens is 294 g/mol. The number of hydrogen-bond donors (Lipinski definition) is 1. The lowest BCUT2D eigenvalue weighted by atomic mass is 10.0. The minimum absolute atomic E-state index is 0.195. The lowest BCUT2D eigenvalue weighted by molar-refractivity contribution is 0.174. The van der Waals surface area contributed by atoms with Gasteiger partial charge in [0.15, 0.2) is 17.2 Å².